The summed E-state index contributed by atoms with van der Waals surface area (Å²) in [5.41, 5.74) is 1.14. The van der Waals surface area contributed by atoms with Crippen molar-refractivity contribution in [2.75, 3.05) is 11.5 Å². The highest BCUT2D eigenvalue weighted by atomic mass is 32.1. The Kier molecular flexibility index (Phi) is 6.06. The monoisotopic (exact) mass is 464 g/mol. The van der Waals surface area contributed by atoms with Crippen molar-refractivity contribution >= 4 is 39.9 Å². The molecule has 0 spiro atoms. The number of benzene rings is 2. The normalized spacial score (nSPS) is 17.9. The van der Waals surface area contributed by atoms with Crippen LogP contribution in [0.5, 0.6) is 5.75 Å². The summed E-state index contributed by atoms with van der Waals surface area (Å²) in [6.45, 7) is 3.46. The first-order valence-corrected chi connectivity index (χ1v) is 11.0. The average molecular weight is 464 g/mol. The molecular weight excluding hydrogens is 444 g/mol. The van der Waals surface area contributed by atoms with Gasteiger partial charge in [0.1, 0.15) is 16.5 Å². The Morgan fingerprint density at radius 1 is 1.09 bits per heavy atom. The molecule has 2 unspecified atom stereocenters. The highest BCUT2D eigenvalue weighted by Crippen LogP contribution is 2.43. The summed E-state index contributed by atoms with van der Waals surface area (Å²) in [6, 6.07) is 13.2. The number of aromatic hydroxyl groups is 1. The summed E-state index contributed by atoms with van der Waals surface area (Å²) in [7, 11) is 0. The van der Waals surface area contributed by atoms with Crippen LogP contribution in [0.4, 0.5) is 5.13 Å². The third-order valence-electron chi connectivity index (χ3n) is 5.33. The number of anilines is 1. The number of rotatable bonds is 6. The van der Waals surface area contributed by atoms with Crippen LogP contribution in [0.15, 0.2) is 54.6 Å². The first kappa shape index (κ1) is 22.3. The fourth-order valence-electron chi connectivity index (χ4n) is 3.81. The van der Waals surface area contributed by atoms with Crippen molar-refractivity contribution < 1.29 is 29.0 Å². The molecule has 2 aromatic carbocycles. The molecule has 1 aliphatic rings. The van der Waals surface area contributed by atoms with Crippen LogP contribution in [-0.2, 0) is 14.3 Å². The second-order valence-corrected chi connectivity index (χ2v) is 8.39. The van der Waals surface area contributed by atoms with E-state index in [-0.39, 0.29) is 22.4 Å². The fourth-order valence-corrected chi connectivity index (χ4v) is 4.80. The van der Waals surface area contributed by atoms with Gasteiger partial charge in [-0.1, -0.05) is 53.8 Å². The Labute approximate surface area is 193 Å². The van der Waals surface area contributed by atoms with Gasteiger partial charge in [0, 0.05) is 5.56 Å². The average Bonchev–Trinajstić information content (AvgIpc) is 3.32. The number of hydrogen-bond acceptors (Lipinski definition) is 8. The fraction of sp³-hybridized carbons (Fsp3) is 0.208. The Hall–Kier alpha value is -3.85. The molecule has 3 aromatic rings. The number of carbonyl (C=O) groups is 4. The van der Waals surface area contributed by atoms with Crippen LogP contribution < -0.4 is 4.90 Å². The highest BCUT2D eigenvalue weighted by Gasteiger charge is 2.53. The number of aromatic nitrogens is 1. The predicted octanol–water partition coefficient (Wildman–Crippen LogP) is 3.49. The smallest absolute Gasteiger partial charge is 0.350 e. The lowest BCUT2D eigenvalue weighted by Crippen LogP contribution is -2.30. The van der Waals surface area contributed by atoms with Crippen molar-refractivity contribution in [2.45, 2.75) is 19.9 Å². The van der Waals surface area contributed by atoms with Crippen molar-refractivity contribution in [3.05, 3.63) is 76.3 Å². The minimum absolute atomic E-state index is 0.00146. The molecule has 4 rings (SSSR count). The van der Waals surface area contributed by atoms with E-state index in [0.717, 1.165) is 11.3 Å². The molecule has 1 aliphatic heterocycles. The number of Topliss-reactive ketones (excluding diaryl/α,β-unsaturated/α-hetero) is 2. The summed E-state index contributed by atoms with van der Waals surface area (Å²) < 4.78 is 5.05. The molecule has 1 saturated heterocycles. The molecule has 168 valence electrons. The van der Waals surface area contributed by atoms with E-state index in [4.69, 9.17) is 4.74 Å². The van der Waals surface area contributed by atoms with Gasteiger partial charge in [-0.15, -0.1) is 0 Å². The molecule has 1 aromatic heterocycles. The van der Waals surface area contributed by atoms with Gasteiger partial charge in [0.15, 0.2) is 10.9 Å². The van der Waals surface area contributed by atoms with Gasteiger partial charge >= 0.3 is 5.97 Å². The van der Waals surface area contributed by atoms with Gasteiger partial charge in [-0.2, -0.15) is 0 Å². The topological polar surface area (TPSA) is 114 Å². The van der Waals surface area contributed by atoms with Gasteiger partial charge < -0.3 is 9.84 Å². The lowest BCUT2D eigenvalue weighted by molar-refractivity contribution is -0.135. The summed E-state index contributed by atoms with van der Waals surface area (Å²) in [4.78, 5) is 57.6. The number of nitrogens with zero attached hydrogens (tertiary/aromatic N) is 2. The molecule has 2 heterocycles. The zero-order valence-electron chi connectivity index (χ0n) is 17.8. The van der Waals surface area contributed by atoms with E-state index in [2.05, 4.69) is 4.98 Å². The number of ether oxygens (including phenoxy) is 1. The van der Waals surface area contributed by atoms with Crippen LogP contribution in [0, 0.1) is 12.8 Å². The van der Waals surface area contributed by atoms with E-state index in [0.29, 0.717) is 16.8 Å². The Morgan fingerprint density at radius 2 is 1.76 bits per heavy atom. The molecule has 8 nitrogen and oxygen atoms in total. The molecule has 0 bridgehead atoms. The Balaban J connectivity index is 1.84. The van der Waals surface area contributed by atoms with Crippen molar-refractivity contribution in [2.24, 2.45) is 5.92 Å². The molecule has 0 saturated carbocycles. The number of hydrogen-bond donors (Lipinski definition) is 1. The van der Waals surface area contributed by atoms with Gasteiger partial charge in [0.2, 0.25) is 5.78 Å². The highest BCUT2D eigenvalue weighted by molar-refractivity contribution is 7.17. The minimum Gasteiger partial charge on any atom is -0.508 e. The number of esters is 1. The van der Waals surface area contributed by atoms with Crippen LogP contribution in [-0.4, -0.2) is 40.1 Å². The largest absolute Gasteiger partial charge is 0.508 e. The van der Waals surface area contributed by atoms with E-state index < -0.39 is 35.4 Å². The zero-order valence-corrected chi connectivity index (χ0v) is 18.7. The Morgan fingerprint density at radius 3 is 2.39 bits per heavy atom. The maximum Gasteiger partial charge on any atom is 0.350 e. The standard InChI is InChI=1S/C24H20N2O6S/c1-3-32-23(31)21-13(2)25-24(33-21)26-18(14-9-11-16(27)12-10-14)17(20(29)22(26)30)19(28)15-7-5-4-6-8-15/h4-12,17-18,27H,3H2,1-2H3. The van der Waals surface area contributed by atoms with E-state index in [9.17, 15) is 24.3 Å². The number of aryl methyl sites for hydroxylation is 1. The number of ketones is 2. The predicted molar refractivity (Wildman–Crippen MR) is 120 cm³/mol. The molecule has 9 heteroatoms. The van der Waals surface area contributed by atoms with Gasteiger partial charge in [-0.3, -0.25) is 19.3 Å². The molecule has 1 fully saturated rings. The maximum absolute atomic E-state index is 13.4. The number of phenols is 1. The zero-order chi connectivity index (χ0) is 23.7. The third kappa shape index (κ3) is 4.03. The van der Waals surface area contributed by atoms with Crippen LogP contribution in [0.2, 0.25) is 0 Å². The number of amides is 1. The van der Waals surface area contributed by atoms with Crippen molar-refractivity contribution in [3.63, 3.8) is 0 Å². The molecule has 0 aliphatic carbocycles. The maximum atomic E-state index is 13.4. The lowest BCUT2D eigenvalue weighted by atomic mass is 9.86. The van der Waals surface area contributed by atoms with Crippen molar-refractivity contribution in [1.29, 1.82) is 0 Å². The molecule has 0 radical (unpaired) electrons. The van der Waals surface area contributed by atoms with E-state index in [1.54, 1.807) is 56.3 Å². The SMILES string of the molecule is CCOC(=O)c1sc(N2C(=O)C(=O)C(C(=O)c3ccccc3)C2c2ccc(O)cc2)nc1C. The lowest BCUT2D eigenvalue weighted by Gasteiger charge is -2.25. The molecule has 2 atom stereocenters. The van der Waals surface area contributed by atoms with E-state index in [1.807, 2.05) is 0 Å². The van der Waals surface area contributed by atoms with Crippen molar-refractivity contribution in [1.82, 2.24) is 4.98 Å². The second-order valence-electron chi connectivity index (χ2n) is 7.42. The van der Waals surface area contributed by atoms with Gasteiger partial charge in [-0.05, 0) is 31.5 Å². The van der Waals surface area contributed by atoms with Gasteiger partial charge in [0.05, 0.1) is 18.3 Å². The quantitative estimate of drug-likeness (QED) is 0.257. The van der Waals surface area contributed by atoms with Crippen molar-refractivity contribution in [3.8, 4) is 5.75 Å². The number of phenolic OH excluding ortho intramolecular Hbond substituents is 1. The number of carbonyl (C=O) groups excluding carboxylic acids is 4. The van der Waals surface area contributed by atoms with Gasteiger partial charge in [0.25, 0.3) is 5.91 Å². The Bertz CT molecular complexity index is 1240. The first-order chi connectivity index (χ1) is 15.8. The third-order valence-corrected chi connectivity index (χ3v) is 6.47. The summed E-state index contributed by atoms with van der Waals surface area (Å²) >= 11 is 0.928. The first-order valence-electron chi connectivity index (χ1n) is 10.2. The van der Waals surface area contributed by atoms with Crippen LogP contribution in [0.25, 0.3) is 0 Å². The van der Waals surface area contributed by atoms with E-state index in [1.165, 1.54) is 17.0 Å². The number of thiazole rings is 1. The minimum atomic E-state index is -1.31. The van der Waals surface area contributed by atoms with Crippen LogP contribution in [0.3, 0.4) is 0 Å². The summed E-state index contributed by atoms with van der Waals surface area (Å²) in [5, 5.41) is 9.84. The summed E-state index contributed by atoms with van der Waals surface area (Å²) in [6.07, 6.45) is 0. The molecule has 1 amide bonds. The molecule has 1 N–H and O–H groups in total. The summed E-state index contributed by atoms with van der Waals surface area (Å²) in [5.74, 6) is -4.11. The molecule has 33 heavy (non-hydrogen) atoms. The van der Waals surface area contributed by atoms with Gasteiger partial charge in [-0.25, -0.2) is 9.78 Å². The molecular formula is C24H20N2O6S. The second kappa shape index (κ2) is 8.95. The van der Waals surface area contributed by atoms with E-state index >= 15 is 0 Å². The van der Waals surface area contributed by atoms with Crippen LogP contribution in [0.1, 0.15) is 44.3 Å². The van der Waals surface area contributed by atoms with Crippen LogP contribution >= 0.6 is 11.3 Å².